The van der Waals surface area contributed by atoms with Gasteiger partial charge in [-0.3, -0.25) is 5.84 Å². The highest BCUT2D eigenvalue weighted by Gasteiger charge is 2.36. The molecule has 4 heteroatoms. The summed E-state index contributed by atoms with van der Waals surface area (Å²) in [5, 5.41) is 0. The van der Waals surface area contributed by atoms with Crippen LogP contribution in [0, 0.1) is 0 Å². The fraction of sp³-hybridized carbons (Fsp3) is 1.00. The molecule has 5 N–H and O–H groups in total. The zero-order chi connectivity index (χ0) is 5.98. The number of hydrogen-bond acceptors (Lipinski definition) is 4. The summed E-state index contributed by atoms with van der Waals surface area (Å²) < 4.78 is 4.99. The van der Waals surface area contributed by atoms with Gasteiger partial charge in [0.25, 0.3) is 0 Å². The zero-order valence-electron chi connectivity index (χ0n) is 4.63. The maximum Gasteiger partial charge on any atom is 0.147 e. The van der Waals surface area contributed by atoms with Gasteiger partial charge >= 0.3 is 0 Å². The van der Waals surface area contributed by atoms with Crippen LogP contribution in [0.4, 0.5) is 0 Å². The number of hydrogen-bond donors (Lipinski definition) is 3. The van der Waals surface area contributed by atoms with E-state index >= 15 is 0 Å². The fourth-order valence-corrected chi connectivity index (χ4v) is 0.673. The molecule has 1 fully saturated rings. The van der Waals surface area contributed by atoms with Crippen LogP contribution in [0.2, 0.25) is 0 Å². The molecule has 1 aliphatic heterocycles. The second-order valence-electron chi connectivity index (χ2n) is 1.84. The van der Waals surface area contributed by atoms with E-state index in [-0.39, 0.29) is 12.3 Å². The van der Waals surface area contributed by atoms with Crippen molar-refractivity contribution in [3.8, 4) is 0 Å². The van der Waals surface area contributed by atoms with Gasteiger partial charge in [-0.2, -0.15) is 0 Å². The third-order valence-corrected chi connectivity index (χ3v) is 1.20. The van der Waals surface area contributed by atoms with E-state index in [1.54, 1.807) is 0 Å². The highest BCUT2D eigenvalue weighted by atomic mass is 16.6. The molecule has 0 saturated carbocycles. The Balaban J connectivity index is 1.99. The third kappa shape index (κ3) is 1.16. The van der Waals surface area contributed by atoms with Crippen LogP contribution in [0.25, 0.3) is 0 Å². The van der Waals surface area contributed by atoms with Crippen molar-refractivity contribution in [2.24, 2.45) is 11.6 Å². The van der Waals surface area contributed by atoms with Crippen molar-refractivity contribution in [3.05, 3.63) is 0 Å². The van der Waals surface area contributed by atoms with E-state index in [0.29, 0.717) is 6.54 Å². The molecule has 1 heterocycles. The van der Waals surface area contributed by atoms with Gasteiger partial charge in [-0.25, -0.2) is 5.43 Å². The van der Waals surface area contributed by atoms with Crippen molar-refractivity contribution >= 4 is 0 Å². The van der Waals surface area contributed by atoms with Crippen LogP contribution in [-0.2, 0) is 4.74 Å². The Morgan fingerprint density at radius 2 is 2.38 bits per heavy atom. The van der Waals surface area contributed by atoms with E-state index in [2.05, 4.69) is 5.43 Å². The van der Waals surface area contributed by atoms with Gasteiger partial charge in [0.05, 0.1) is 0 Å². The Labute approximate surface area is 48.1 Å². The Kier molecular flexibility index (Phi) is 1.80. The Morgan fingerprint density at radius 3 is 2.75 bits per heavy atom. The molecule has 1 aliphatic rings. The first kappa shape index (κ1) is 5.97. The molecule has 0 aromatic carbocycles. The van der Waals surface area contributed by atoms with Gasteiger partial charge in [-0.05, 0) is 13.0 Å². The largest absolute Gasteiger partial charge is 0.352 e. The third-order valence-electron chi connectivity index (χ3n) is 1.20. The second kappa shape index (κ2) is 2.41. The summed E-state index contributed by atoms with van der Waals surface area (Å²) in [5.41, 5.74) is 7.73. The summed E-state index contributed by atoms with van der Waals surface area (Å²) in [6.45, 7) is 0.669. The smallest absolute Gasteiger partial charge is 0.147 e. The molecule has 2 unspecified atom stereocenters. The van der Waals surface area contributed by atoms with E-state index in [0.717, 1.165) is 6.42 Å². The SMILES string of the molecule is NCCC1OC1NN. The standard InChI is InChI=1S/C4H11N3O/c5-2-1-3-4(7-6)8-3/h3-4,7H,1-2,5-6H2. The molecule has 0 aromatic rings. The minimum Gasteiger partial charge on any atom is -0.352 e. The van der Waals surface area contributed by atoms with Gasteiger partial charge in [0.15, 0.2) is 0 Å². The topological polar surface area (TPSA) is 76.6 Å². The quantitative estimate of drug-likeness (QED) is 0.239. The lowest BCUT2D eigenvalue weighted by atomic mass is 10.3. The molecule has 0 aliphatic carbocycles. The molecule has 0 radical (unpaired) electrons. The number of nitrogens with two attached hydrogens (primary N) is 2. The van der Waals surface area contributed by atoms with Crippen LogP contribution >= 0.6 is 0 Å². The van der Waals surface area contributed by atoms with Gasteiger partial charge < -0.3 is 10.5 Å². The molecule has 4 nitrogen and oxygen atoms in total. The van der Waals surface area contributed by atoms with Gasteiger partial charge in [0, 0.05) is 0 Å². The molecule has 1 saturated heterocycles. The molecule has 0 amide bonds. The highest BCUT2D eigenvalue weighted by Crippen LogP contribution is 2.20. The molecule has 1 rings (SSSR count). The van der Waals surface area contributed by atoms with Gasteiger partial charge in [-0.15, -0.1) is 0 Å². The molecule has 2 atom stereocenters. The minimum absolute atomic E-state index is 0.0681. The predicted molar refractivity (Wildman–Crippen MR) is 29.7 cm³/mol. The lowest BCUT2D eigenvalue weighted by molar-refractivity contribution is 0.343. The molecule has 0 spiro atoms. The van der Waals surface area contributed by atoms with Crippen LogP contribution in [-0.4, -0.2) is 18.9 Å². The first-order chi connectivity index (χ1) is 3.88. The lowest BCUT2D eigenvalue weighted by Gasteiger charge is -1.86. The van der Waals surface area contributed by atoms with Crippen molar-refractivity contribution in [2.45, 2.75) is 18.8 Å². The van der Waals surface area contributed by atoms with Crippen LogP contribution in [0.1, 0.15) is 6.42 Å². The number of epoxide rings is 1. The number of ether oxygens (including phenoxy) is 1. The predicted octanol–water partition coefficient (Wildman–Crippen LogP) is -1.48. The van der Waals surface area contributed by atoms with Crippen molar-refractivity contribution in [1.29, 1.82) is 0 Å². The summed E-state index contributed by atoms with van der Waals surface area (Å²) in [4.78, 5) is 0. The average Bonchev–Trinajstić information content (AvgIpc) is 2.48. The molecular weight excluding hydrogens is 106 g/mol. The van der Waals surface area contributed by atoms with Gasteiger partial charge in [0.1, 0.15) is 12.3 Å². The lowest BCUT2D eigenvalue weighted by Crippen LogP contribution is -2.27. The molecule has 8 heavy (non-hydrogen) atoms. The molecular formula is C4H11N3O. The van der Waals surface area contributed by atoms with Crippen molar-refractivity contribution in [3.63, 3.8) is 0 Å². The fourth-order valence-electron chi connectivity index (χ4n) is 0.673. The van der Waals surface area contributed by atoms with Crippen molar-refractivity contribution in [2.75, 3.05) is 6.54 Å². The maximum atomic E-state index is 5.24. The van der Waals surface area contributed by atoms with E-state index in [4.69, 9.17) is 16.3 Å². The van der Waals surface area contributed by atoms with Crippen LogP contribution in [0.3, 0.4) is 0 Å². The van der Waals surface area contributed by atoms with Crippen LogP contribution in [0.15, 0.2) is 0 Å². The summed E-state index contributed by atoms with van der Waals surface area (Å²) >= 11 is 0. The molecule has 0 bridgehead atoms. The minimum atomic E-state index is 0.0681. The highest BCUT2D eigenvalue weighted by molar-refractivity contribution is 4.80. The van der Waals surface area contributed by atoms with E-state index < -0.39 is 0 Å². The van der Waals surface area contributed by atoms with E-state index in [9.17, 15) is 0 Å². The summed E-state index contributed by atoms with van der Waals surface area (Å²) in [6.07, 6.45) is 1.23. The first-order valence-electron chi connectivity index (χ1n) is 2.70. The Morgan fingerprint density at radius 1 is 1.62 bits per heavy atom. The average molecular weight is 117 g/mol. The van der Waals surface area contributed by atoms with Crippen LogP contribution in [0.5, 0.6) is 0 Å². The Bertz CT molecular complexity index is 77.7. The summed E-state index contributed by atoms with van der Waals surface area (Å²) in [6, 6.07) is 0. The van der Waals surface area contributed by atoms with Crippen molar-refractivity contribution < 1.29 is 4.74 Å². The van der Waals surface area contributed by atoms with E-state index in [1.165, 1.54) is 0 Å². The van der Waals surface area contributed by atoms with Gasteiger partial charge in [0.2, 0.25) is 0 Å². The number of rotatable bonds is 3. The molecule has 0 aromatic heterocycles. The number of hydrazine groups is 1. The monoisotopic (exact) mass is 117 g/mol. The summed E-state index contributed by atoms with van der Waals surface area (Å²) in [7, 11) is 0. The van der Waals surface area contributed by atoms with Crippen molar-refractivity contribution in [1.82, 2.24) is 5.43 Å². The van der Waals surface area contributed by atoms with Crippen LogP contribution < -0.4 is 17.0 Å². The molecule has 48 valence electrons. The summed E-state index contributed by atoms with van der Waals surface area (Å²) in [5.74, 6) is 5.04. The number of nitrogens with one attached hydrogen (secondary N) is 1. The maximum absolute atomic E-state index is 5.24. The normalized spacial score (nSPS) is 35.2. The van der Waals surface area contributed by atoms with Gasteiger partial charge in [-0.1, -0.05) is 0 Å². The zero-order valence-corrected chi connectivity index (χ0v) is 4.63. The Hall–Kier alpha value is -0.160. The van der Waals surface area contributed by atoms with E-state index in [1.807, 2.05) is 0 Å². The second-order valence-corrected chi connectivity index (χ2v) is 1.84. The first-order valence-corrected chi connectivity index (χ1v) is 2.70.